The standard InChI is InChI=1S/C20H13Cl2FO3/c21-14-3-9-18(22)20(11-14)25-12-17-7-6-16(26-17)8-10-19(24)13-1-4-15(23)5-2-13/h1-11H,12H2/b10-8+. The van der Waals surface area contributed by atoms with Crippen LogP contribution in [0.2, 0.25) is 10.0 Å². The van der Waals surface area contributed by atoms with E-state index in [0.717, 1.165) is 0 Å². The molecule has 0 atom stereocenters. The smallest absolute Gasteiger partial charge is 0.185 e. The van der Waals surface area contributed by atoms with E-state index in [-0.39, 0.29) is 18.2 Å². The quantitative estimate of drug-likeness (QED) is 0.371. The summed E-state index contributed by atoms with van der Waals surface area (Å²) in [5, 5.41) is 0.970. The van der Waals surface area contributed by atoms with Crippen molar-refractivity contribution >= 4 is 35.1 Å². The number of rotatable bonds is 6. The van der Waals surface area contributed by atoms with Gasteiger partial charge < -0.3 is 9.15 Å². The third-order valence-corrected chi connectivity index (χ3v) is 4.02. The van der Waals surface area contributed by atoms with Crippen molar-refractivity contribution in [2.24, 2.45) is 0 Å². The highest BCUT2D eigenvalue weighted by Gasteiger charge is 2.06. The minimum atomic E-state index is -0.388. The molecule has 0 aliphatic rings. The van der Waals surface area contributed by atoms with Gasteiger partial charge in [0.25, 0.3) is 0 Å². The normalized spacial score (nSPS) is 11.0. The van der Waals surface area contributed by atoms with E-state index in [1.54, 1.807) is 36.4 Å². The zero-order valence-electron chi connectivity index (χ0n) is 13.4. The average Bonchev–Trinajstić information content (AvgIpc) is 3.09. The molecule has 0 radical (unpaired) electrons. The fourth-order valence-corrected chi connectivity index (χ4v) is 2.50. The summed E-state index contributed by atoms with van der Waals surface area (Å²) >= 11 is 11.9. The van der Waals surface area contributed by atoms with Crippen molar-refractivity contribution < 1.29 is 18.3 Å². The van der Waals surface area contributed by atoms with Crippen molar-refractivity contribution in [1.82, 2.24) is 0 Å². The first-order chi connectivity index (χ1) is 12.5. The molecule has 0 unspecified atom stereocenters. The summed E-state index contributed by atoms with van der Waals surface area (Å²) in [6.07, 6.45) is 2.91. The molecule has 0 fully saturated rings. The van der Waals surface area contributed by atoms with Gasteiger partial charge in [0.1, 0.15) is 29.7 Å². The van der Waals surface area contributed by atoms with Crippen molar-refractivity contribution in [3.63, 3.8) is 0 Å². The van der Waals surface area contributed by atoms with Gasteiger partial charge in [-0.05, 0) is 60.7 Å². The van der Waals surface area contributed by atoms with E-state index in [1.165, 1.54) is 30.3 Å². The van der Waals surface area contributed by atoms with Gasteiger partial charge in [-0.3, -0.25) is 4.79 Å². The lowest BCUT2D eigenvalue weighted by Gasteiger charge is -2.06. The first kappa shape index (κ1) is 18.2. The van der Waals surface area contributed by atoms with Gasteiger partial charge in [-0.1, -0.05) is 23.2 Å². The predicted octanol–water partition coefficient (Wildman–Crippen LogP) is 6.20. The molecule has 132 valence electrons. The van der Waals surface area contributed by atoms with E-state index >= 15 is 0 Å². The molecule has 3 aromatic rings. The third-order valence-electron chi connectivity index (χ3n) is 3.47. The second kappa shape index (κ2) is 8.21. The Kier molecular flexibility index (Phi) is 5.76. The number of carbonyl (C=O) groups is 1. The molecule has 0 N–H and O–H groups in total. The van der Waals surface area contributed by atoms with Crippen molar-refractivity contribution in [3.8, 4) is 5.75 Å². The van der Waals surface area contributed by atoms with Crippen molar-refractivity contribution in [2.45, 2.75) is 6.61 Å². The molecule has 0 amide bonds. The van der Waals surface area contributed by atoms with E-state index in [2.05, 4.69) is 0 Å². The second-order valence-corrected chi connectivity index (χ2v) is 6.22. The highest BCUT2D eigenvalue weighted by Crippen LogP contribution is 2.28. The Morgan fingerprint density at radius 1 is 1.08 bits per heavy atom. The van der Waals surface area contributed by atoms with Crippen LogP contribution in [0.15, 0.2) is 65.1 Å². The first-order valence-electron chi connectivity index (χ1n) is 7.66. The van der Waals surface area contributed by atoms with Crippen LogP contribution in [-0.4, -0.2) is 5.78 Å². The Bertz CT molecular complexity index is 946. The van der Waals surface area contributed by atoms with Crippen molar-refractivity contribution in [1.29, 1.82) is 0 Å². The van der Waals surface area contributed by atoms with Gasteiger partial charge in [0.05, 0.1) is 5.02 Å². The summed E-state index contributed by atoms with van der Waals surface area (Å²) in [6.45, 7) is 0.166. The Balaban J connectivity index is 1.61. The SMILES string of the molecule is O=C(/C=C/c1ccc(COc2cc(Cl)ccc2Cl)o1)c1ccc(F)cc1. The molecule has 26 heavy (non-hydrogen) atoms. The minimum Gasteiger partial charge on any atom is -0.484 e. The molecule has 0 bridgehead atoms. The number of allylic oxidation sites excluding steroid dienone is 1. The van der Waals surface area contributed by atoms with E-state index in [9.17, 15) is 9.18 Å². The Hall–Kier alpha value is -2.56. The first-order valence-corrected chi connectivity index (χ1v) is 8.41. The number of hydrogen-bond acceptors (Lipinski definition) is 3. The number of ether oxygens (including phenoxy) is 1. The molecule has 1 heterocycles. The summed E-state index contributed by atoms with van der Waals surface area (Å²) in [5.74, 6) is 0.885. The maximum absolute atomic E-state index is 12.9. The Labute approximate surface area is 159 Å². The lowest BCUT2D eigenvalue weighted by molar-refractivity contribution is 0.104. The number of carbonyl (C=O) groups excluding carboxylic acids is 1. The molecule has 6 heteroatoms. The maximum atomic E-state index is 12.9. The van der Waals surface area contributed by atoms with Gasteiger partial charge in [-0.2, -0.15) is 0 Å². The zero-order chi connectivity index (χ0) is 18.5. The Morgan fingerprint density at radius 3 is 2.62 bits per heavy atom. The van der Waals surface area contributed by atoms with E-state index in [0.29, 0.717) is 32.9 Å². The number of hydrogen-bond donors (Lipinski definition) is 0. The Morgan fingerprint density at radius 2 is 1.85 bits per heavy atom. The summed E-state index contributed by atoms with van der Waals surface area (Å²) in [5.41, 5.74) is 0.397. The molecular weight excluding hydrogens is 378 g/mol. The molecule has 0 aliphatic carbocycles. The number of ketones is 1. The van der Waals surface area contributed by atoms with Crippen LogP contribution in [0.1, 0.15) is 21.9 Å². The van der Waals surface area contributed by atoms with Gasteiger partial charge >= 0.3 is 0 Å². The van der Waals surface area contributed by atoms with E-state index in [1.807, 2.05) is 0 Å². The summed E-state index contributed by atoms with van der Waals surface area (Å²) in [6, 6.07) is 13.7. The molecule has 0 saturated carbocycles. The fourth-order valence-electron chi connectivity index (χ4n) is 2.17. The highest BCUT2D eigenvalue weighted by atomic mass is 35.5. The molecule has 3 nitrogen and oxygen atoms in total. The predicted molar refractivity (Wildman–Crippen MR) is 99.3 cm³/mol. The molecule has 0 aliphatic heterocycles. The van der Waals surface area contributed by atoms with Gasteiger partial charge in [0.15, 0.2) is 5.78 Å². The molecule has 3 rings (SSSR count). The molecule has 0 spiro atoms. The van der Waals surface area contributed by atoms with Crippen LogP contribution in [0.5, 0.6) is 5.75 Å². The number of halogens is 3. The van der Waals surface area contributed by atoms with Gasteiger partial charge in [0, 0.05) is 16.7 Å². The summed E-state index contributed by atoms with van der Waals surface area (Å²) < 4.78 is 24.0. The largest absolute Gasteiger partial charge is 0.484 e. The number of benzene rings is 2. The van der Waals surface area contributed by atoms with Gasteiger partial charge in [0.2, 0.25) is 0 Å². The average molecular weight is 391 g/mol. The van der Waals surface area contributed by atoms with Gasteiger partial charge in [-0.25, -0.2) is 4.39 Å². The van der Waals surface area contributed by atoms with Crippen LogP contribution >= 0.6 is 23.2 Å². The van der Waals surface area contributed by atoms with Crippen LogP contribution < -0.4 is 4.74 Å². The molecule has 2 aromatic carbocycles. The third kappa shape index (κ3) is 4.75. The second-order valence-electron chi connectivity index (χ2n) is 5.37. The lowest BCUT2D eigenvalue weighted by Crippen LogP contribution is -1.94. The van der Waals surface area contributed by atoms with Crippen LogP contribution in [0.4, 0.5) is 4.39 Å². The van der Waals surface area contributed by atoms with Crippen LogP contribution in [-0.2, 0) is 6.61 Å². The van der Waals surface area contributed by atoms with Crippen molar-refractivity contribution in [3.05, 3.63) is 93.6 Å². The fraction of sp³-hybridized carbons (Fsp3) is 0.0500. The van der Waals surface area contributed by atoms with E-state index in [4.69, 9.17) is 32.4 Å². The zero-order valence-corrected chi connectivity index (χ0v) is 14.9. The monoisotopic (exact) mass is 390 g/mol. The van der Waals surface area contributed by atoms with Crippen LogP contribution in [0.3, 0.4) is 0 Å². The molecule has 1 aromatic heterocycles. The van der Waals surface area contributed by atoms with Crippen LogP contribution in [0, 0.1) is 5.82 Å². The number of furan rings is 1. The summed E-state index contributed by atoms with van der Waals surface area (Å²) in [4.78, 5) is 12.0. The van der Waals surface area contributed by atoms with Gasteiger partial charge in [-0.15, -0.1) is 0 Å². The van der Waals surface area contributed by atoms with Crippen molar-refractivity contribution in [2.75, 3.05) is 0 Å². The maximum Gasteiger partial charge on any atom is 0.185 e. The molecule has 0 saturated heterocycles. The minimum absolute atomic E-state index is 0.166. The molecular formula is C20H13Cl2FO3. The topological polar surface area (TPSA) is 39.4 Å². The lowest BCUT2D eigenvalue weighted by atomic mass is 10.1. The van der Waals surface area contributed by atoms with E-state index < -0.39 is 0 Å². The highest BCUT2D eigenvalue weighted by molar-refractivity contribution is 6.34. The summed E-state index contributed by atoms with van der Waals surface area (Å²) in [7, 11) is 0. The van der Waals surface area contributed by atoms with Crippen LogP contribution in [0.25, 0.3) is 6.08 Å².